The lowest BCUT2D eigenvalue weighted by atomic mass is 9.86. The summed E-state index contributed by atoms with van der Waals surface area (Å²) in [7, 11) is -3.19. The van der Waals surface area contributed by atoms with Gasteiger partial charge in [-0.15, -0.1) is 0 Å². The number of hydrogen-bond acceptors (Lipinski definition) is 4. The van der Waals surface area contributed by atoms with Gasteiger partial charge in [0.1, 0.15) is 15.9 Å². The first-order valence-electron chi connectivity index (χ1n) is 7.00. The van der Waals surface area contributed by atoms with Gasteiger partial charge >= 0.3 is 0 Å². The molecule has 0 saturated heterocycles. The highest BCUT2D eigenvalue weighted by molar-refractivity contribution is 7.90. The molecule has 120 valence electrons. The molecule has 0 aromatic heterocycles. The van der Waals surface area contributed by atoms with Gasteiger partial charge in [0.2, 0.25) is 5.91 Å². The first-order chi connectivity index (χ1) is 10.0. The molecular formula is C16H22N2O3S. The fourth-order valence-electron chi connectivity index (χ4n) is 1.88. The minimum atomic E-state index is -3.19. The summed E-state index contributed by atoms with van der Waals surface area (Å²) in [6.45, 7) is 6.28. The first-order valence-corrected chi connectivity index (χ1v) is 9.06. The van der Waals surface area contributed by atoms with Crippen molar-refractivity contribution in [2.45, 2.75) is 38.6 Å². The number of carbonyl (C=O) groups excluding carboxylic acids is 1. The zero-order valence-electron chi connectivity index (χ0n) is 13.4. The van der Waals surface area contributed by atoms with E-state index in [1.165, 1.54) is 0 Å². The Bertz CT molecular complexity index is 665. The molecule has 0 saturated carbocycles. The normalized spacial score (nSPS) is 13.2. The van der Waals surface area contributed by atoms with Gasteiger partial charge in [0.25, 0.3) is 0 Å². The van der Waals surface area contributed by atoms with Crippen molar-refractivity contribution in [3.63, 3.8) is 0 Å². The summed E-state index contributed by atoms with van der Waals surface area (Å²) in [6, 6.07) is 8.73. The molecule has 1 N–H and O–H groups in total. The summed E-state index contributed by atoms with van der Waals surface area (Å²) in [5.74, 6) is -0.670. The molecule has 1 aromatic rings. The van der Waals surface area contributed by atoms with E-state index in [-0.39, 0.29) is 17.6 Å². The Balaban J connectivity index is 2.76. The van der Waals surface area contributed by atoms with Gasteiger partial charge in [-0.1, -0.05) is 45.0 Å². The topological polar surface area (TPSA) is 87.0 Å². The van der Waals surface area contributed by atoms with Gasteiger partial charge in [-0.3, -0.25) is 4.79 Å². The molecule has 5 nitrogen and oxygen atoms in total. The Morgan fingerprint density at radius 1 is 1.27 bits per heavy atom. The van der Waals surface area contributed by atoms with Crippen molar-refractivity contribution in [2.75, 3.05) is 12.0 Å². The van der Waals surface area contributed by atoms with Gasteiger partial charge in [0.05, 0.1) is 11.8 Å². The molecule has 1 atom stereocenters. The summed E-state index contributed by atoms with van der Waals surface area (Å²) in [5, 5.41) is 11.8. The number of rotatable bonds is 5. The van der Waals surface area contributed by atoms with Crippen LogP contribution in [0, 0.1) is 11.3 Å². The van der Waals surface area contributed by atoms with Crippen molar-refractivity contribution in [3.05, 3.63) is 35.4 Å². The van der Waals surface area contributed by atoms with Gasteiger partial charge in [0.15, 0.2) is 0 Å². The van der Waals surface area contributed by atoms with Crippen molar-refractivity contribution >= 4 is 15.7 Å². The Kier molecular flexibility index (Phi) is 5.72. The quantitative estimate of drug-likeness (QED) is 0.899. The second kappa shape index (κ2) is 6.93. The van der Waals surface area contributed by atoms with E-state index in [1.54, 1.807) is 0 Å². The van der Waals surface area contributed by atoms with Crippen molar-refractivity contribution < 1.29 is 13.2 Å². The van der Waals surface area contributed by atoms with Crippen LogP contribution in [0.5, 0.6) is 0 Å². The highest BCUT2D eigenvalue weighted by Crippen LogP contribution is 2.23. The maximum Gasteiger partial charge on any atom is 0.222 e. The van der Waals surface area contributed by atoms with Gasteiger partial charge < -0.3 is 5.32 Å². The van der Waals surface area contributed by atoms with E-state index in [1.807, 2.05) is 30.3 Å². The van der Waals surface area contributed by atoms with Crippen LogP contribution in [0.15, 0.2) is 24.3 Å². The average Bonchev–Trinajstić information content (AvgIpc) is 2.41. The largest absolute Gasteiger partial charge is 0.337 e. The lowest BCUT2D eigenvalue weighted by Crippen LogP contribution is -2.29. The van der Waals surface area contributed by atoms with Crippen molar-refractivity contribution in [1.29, 1.82) is 5.26 Å². The Hall–Kier alpha value is -1.87. The molecule has 6 heteroatoms. The number of carbonyl (C=O) groups is 1. The fourth-order valence-corrected chi connectivity index (χ4v) is 2.43. The van der Waals surface area contributed by atoms with Crippen LogP contribution in [0.2, 0.25) is 0 Å². The van der Waals surface area contributed by atoms with E-state index in [0.717, 1.165) is 11.8 Å². The van der Waals surface area contributed by atoms with E-state index in [2.05, 4.69) is 26.1 Å². The molecule has 1 amide bonds. The van der Waals surface area contributed by atoms with Crippen LogP contribution < -0.4 is 5.32 Å². The molecule has 1 rings (SSSR count). The maximum atomic E-state index is 11.7. The molecule has 0 aliphatic heterocycles. The zero-order valence-corrected chi connectivity index (χ0v) is 14.2. The number of amides is 1. The number of benzene rings is 1. The van der Waals surface area contributed by atoms with E-state index in [9.17, 15) is 18.5 Å². The van der Waals surface area contributed by atoms with Gasteiger partial charge in [-0.05, 0) is 16.5 Å². The molecule has 0 fully saturated rings. The highest BCUT2D eigenvalue weighted by atomic mass is 32.2. The Morgan fingerprint density at radius 2 is 1.82 bits per heavy atom. The molecule has 22 heavy (non-hydrogen) atoms. The molecule has 0 aliphatic carbocycles. The lowest BCUT2D eigenvalue weighted by Gasteiger charge is -2.20. The standard InChI is InChI=1S/C16H22N2O3S/c1-16(2,3)13-7-5-12(6-8-13)14(11-17)18-15(19)9-10-22(4,20)21/h5-8,14H,9-10H2,1-4H3,(H,18,19). The number of nitrogens with one attached hydrogen (secondary N) is 1. The second-order valence-corrected chi connectivity index (χ2v) is 8.64. The Labute approximate surface area is 132 Å². The van der Waals surface area contributed by atoms with E-state index in [4.69, 9.17) is 0 Å². The van der Waals surface area contributed by atoms with Gasteiger partial charge in [-0.25, -0.2) is 8.42 Å². The van der Waals surface area contributed by atoms with Gasteiger partial charge in [-0.2, -0.15) is 5.26 Å². The van der Waals surface area contributed by atoms with Gasteiger partial charge in [0, 0.05) is 12.7 Å². The van der Waals surface area contributed by atoms with Crippen molar-refractivity contribution in [1.82, 2.24) is 5.32 Å². The number of hydrogen-bond donors (Lipinski definition) is 1. The predicted octanol–water partition coefficient (Wildman–Crippen LogP) is 2.10. The van der Waals surface area contributed by atoms with E-state index < -0.39 is 21.8 Å². The van der Waals surface area contributed by atoms with E-state index in [0.29, 0.717) is 5.56 Å². The lowest BCUT2D eigenvalue weighted by molar-refractivity contribution is -0.121. The zero-order chi connectivity index (χ0) is 17.0. The second-order valence-electron chi connectivity index (χ2n) is 6.38. The molecule has 1 unspecified atom stereocenters. The third-order valence-corrected chi connectivity index (χ3v) is 4.19. The third kappa shape index (κ3) is 5.86. The van der Waals surface area contributed by atoms with Crippen LogP contribution in [0.3, 0.4) is 0 Å². The minimum Gasteiger partial charge on any atom is -0.337 e. The average molecular weight is 322 g/mol. The first kappa shape index (κ1) is 18.2. The summed E-state index contributed by atoms with van der Waals surface area (Å²) in [6.07, 6.45) is 0.935. The van der Waals surface area contributed by atoms with Crippen LogP contribution in [0.25, 0.3) is 0 Å². The predicted molar refractivity (Wildman–Crippen MR) is 86.0 cm³/mol. The minimum absolute atomic E-state index is 0.0133. The SMILES string of the molecule is CC(C)(C)c1ccc(C(C#N)NC(=O)CCS(C)(=O)=O)cc1. The molecule has 0 heterocycles. The number of nitrogens with zero attached hydrogens (tertiary/aromatic N) is 1. The monoisotopic (exact) mass is 322 g/mol. The molecule has 0 spiro atoms. The number of nitriles is 1. The van der Waals surface area contributed by atoms with Crippen LogP contribution in [-0.2, 0) is 20.0 Å². The summed E-state index contributed by atoms with van der Waals surface area (Å²) in [4.78, 5) is 11.7. The molecule has 0 aliphatic rings. The Morgan fingerprint density at radius 3 is 2.23 bits per heavy atom. The van der Waals surface area contributed by atoms with Crippen molar-refractivity contribution in [3.8, 4) is 6.07 Å². The molecular weight excluding hydrogens is 300 g/mol. The fraction of sp³-hybridized carbons (Fsp3) is 0.500. The molecule has 0 radical (unpaired) electrons. The maximum absolute atomic E-state index is 11.7. The summed E-state index contributed by atoms with van der Waals surface area (Å²) >= 11 is 0. The summed E-state index contributed by atoms with van der Waals surface area (Å²) < 4.78 is 22.1. The summed E-state index contributed by atoms with van der Waals surface area (Å²) in [5.41, 5.74) is 1.83. The number of sulfone groups is 1. The smallest absolute Gasteiger partial charge is 0.222 e. The van der Waals surface area contributed by atoms with E-state index >= 15 is 0 Å². The van der Waals surface area contributed by atoms with Crippen molar-refractivity contribution in [2.24, 2.45) is 0 Å². The third-order valence-electron chi connectivity index (χ3n) is 3.24. The van der Waals surface area contributed by atoms with Crippen LogP contribution >= 0.6 is 0 Å². The van der Waals surface area contributed by atoms with Crippen LogP contribution in [-0.4, -0.2) is 26.3 Å². The molecule has 0 bridgehead atoms. The van der Waals surface area contributed by atoms with Crippen LogP contribution in [0.4, 0.5) is 0 Å². The van der Waals surface area contributed by atoms with Crippen LogP contribution in [0.1, 0.15) is 44.4 Å². The highest BCUT2D eigenvalue weighted by Gasteiger charge is 2.17. The molecule has 1 aromatic carbocycles.